The van der Waals surface area contributed by atoms with Gasteiger partial charge in [-0.25, -0.2) is 0 Å². The van der Waals surface area contributed by atoms with Gasteiger partial charge in [-0.2, -0.15) is 0 Å². The number of phenolic OH excluding ortho intramolecular Hbond substituents is 1. The average molecular weight is 466 g/mol. The normalized spacial score (nSPS) is 17.5. The second kappa shape index (κ2) is 8.20. The molecule has 5 aromatic carbocycles. The number of fused-ring (bicyclic) bond motifs is 6. The summed E-state index contributed by atoms with van der Waals surface area (Å²) in [6.07, 6.45) is 4.11. The molecule has 6 aromatic rings. The molecule has 7 rings (SSSR count). The van der Waals surface area contributed by atoms with Crippen LogP contribution in [0.5, 0.6) is 5.75 Å². The summed E-state index contributed by atoms with van der Waals surface area (Å²) < 4.78 is 0. The van der Waals surface area contributed by atoms with E-state index in [2.05, 4.69) is 79.7 Å². The van der Waals surface area contributed by atoms with Gasteiger partial charge in [0.25, 0.3) is 0 Å². The van der Waals surface area contributed by atoms with Crippen molar-refractivity contribution < 1.29 is 5.11 Å². The molecule has 0 saturated carbocycles. The highest BCUT2D eigenvalue weighted by Gasteiger charge is 2.28. The number of rotatable bonds is 2. The number of hydrogen-bond acceptors (Lipinski definition) is 2. The molecule has 0 fully saturated rings. The van der Waals surface area contributed by atoms with Crippen LogP contribution in [0.25, 0.3) is 43.6 Å². The number of pyridine rings is 1. The average Bonchev–Trinajstić information content (AvgIpc) is 2.92. The molecule has 0 saturated heterocycles. The predicted octanol–water partition coefficient (Wildman–Crippen LogP) is 8.63. The van der Waals surface area contributed by atoms with E-state index in [9.17, 15) is 5.11 Å². The molecule has 2 atom stereocenters. The molecule has 0 aliphatic heterocycles. The maximum Gasteiger partial charge on any atom is 0.125 e. The van der Waals surface area contributed by atoms with Crippen molar-refractivity contribution >= 4 is 32.3 Å². The molecular formula is C34H27NO. The van der Waals surface area contributed by atoms with Crippen LogP contribution in [0.2, 0.25) is 0 Å². The van der Waals surface area contributed by atoms with Crippen molar-refractivity contribution in [3.63, 3.8) is 0 Å². The molecule has 2 heteroatoms. The second-order valence-corrected chi connectivity index (χ2v) is 10.2. The highest BCUT2D eigenvalue weighted by molar-refractivity contribution is 6.15. The van der Waals surface area contributed by atoms with Gasteiger partial charge in [0.05, 0.1) is 11.3 Å². The van der Waals surface area contributed by atoms with E-state index >= 15 is 0 Å². The Kier molecular flexibility index (Phi) is 4.82. The topological polar surface area (TPSA) is 33.1 Å². The predicted molar refractivity (Wildman–Crippen MR) is 150 cm³/mol. The Morgan fingerprint density at radius 3 is 2.31 bits per heavy atom. The van der Waals surface area contributed by atoms with Gasteiger partial charge in [-0.3, -0.25) is 4.98 Å². The van der Waals surface area contributed by atoms with E-state index in [1.165, 1.54) is 27.5 Å². The van der Waals surface area contributed by atoms with Crippen LogP contribution in [-0.2, 0) is 6.42 Å². The molecule has 2 unspecified atom stereocenters. The fraction of sp³-hybridized carbons (Fsp3) is 0.147. The third-order valence-corrected chi connectivity index (χ3v) is 7.98. The first-order valence-electron chi connectivity index (χ1n) is 12.8. The highest BCUT2D eigenvalue weighted by Crippen LogP contribution is 2.46. The molecule has 36 heavy (non-hydrogen) atoms. The van der Waals surface area contributed by atoms with E-state index in [-0.39, 0.29) is 5.75 Å². The maximum absolute atomic E-state index is 11.1. The number of hydrogen-bond donors (Lipinski definition) is 1. The van der Waals surface area contributed by atoms with Crippen LogP contribution in [0.3, 0.4) is 0 Å². The van der Waals surface area contributed by atoms with Crippen molar-refractivity contribution in [2.24, 2.45) is 5.92 Å². The lowest BCUT2D eigenvalue weighted by molar-refractivity contribution is 0.467. The third kappa shape index (κ3) is 3.21. The molecule has 1 aromatic heterocycles. The largest absolute Gasteiger partial charge is 0.507 e. The summed E-state index contributed by atoms with van der Waals surface area (Å²) in [6.45, 7) is 2.37. The van der Waals surface area contributed by atoms with Gasteiger partial charge in [0.1, 0.15) is 5.75 Å². The van der Waals surface area contributed by atoms with Gasteiger partial charge in [-0.1, -0.05) is 91.9 Å². The van der Waals surface area contributed by atoms with Gasteiger partial charge in [0, 0.05) is 17.5 Å². The van der Waals surface area contributed by atoms with Crippen molar-refractivity contribution in [3.8, 4) is 17.0 Å². The van der Waals surface area contributed by atoms with Gasteiger partial charge in [-0.05, 0) is 74.5 Å². The van der Waals surface area contributed by atoms with E-state index in [1.807, 2.05) is 30.5 Å². The van der Waals surface area contributed by atoms with Crippen molar-refractivity contribution in [2.45, 2.75) is 25.7 Å². The van der Waals surface area contributed by atoms with Crippen LogP contribution < -0.4 is 0 Å². The summed E-state index contributed by atoms with van der Waals surface area (Å²) in [4.78, 5) is 4.74. The summed E-state index contributed by atoms with van der Waals surface area (Å²) in [5, 5.41) is 18.0. The highest BCUT2D eigenvalue weighted by atomic mass is 16.3. The van der Waals surface area contributed by atoms with E-state index in [0.29, 0.717) is 11.8 Å². The van der Waals surface area contributed by atoms with Crippen LogP contribution in [0.15, 0.2) is 103 Å². The first kappa shape index (κ1) is 21.1. The molecule has 2 nitrogen and oxygen atoms in total. The quantitative estimate of drug-likeness (QED) is 0.260. The number of aromatic nitrogens is 1. The van der Waals surface area contributed by atoms with Gasteiger partial charge in [0.15, 0.2) is 0 Å². The number of nitrogens with zero attached hydrogens (tertiary/aromatic N) is 1. The molecule has 0 bridgehead atoms. The van der Waals surface area contributed by atoms with Crippen LogP contribution in [0.1, 0.15) is 36.0 Å². The number of benzene rings is 5. The van der Waals surface area contributed by atoms with Gasteiger partial charge >= 0.3 is 0 Å². The van der Waals surface area contributed by atoms with Crippen molar-refractivity contribution in [1.82, 2.24) is 4.98 Å². The lowest BCUT2D eigenvalue weighted by Crippen LogP contribution is -2.18. The Morgan fingerprint density at radius 1 is 0.694 bits per heavy atom. The first-order valence-corrected chi connectivity index (χ1v) is 12.8. The van der Waals surface area contributed by atoms with E-state index in [4.69, 9.17) is 4.98 Å². The number of phenols is 1. The summed E-state index contributed by atoms with van der Waals surface area (Å²) in [5.41, 5.74) is 5.95. The molecular weight excluding hydrogens is 438 g/mol. The van der Waals surface area contributed by atoms with Crippen molar-refractivity contribution in [3.05, 3.63) is 120 Å². The van der Waals surface area contributed by atoms with E-state index in [1.54, 1.807) is 0 Å². The minimum atomic E-state index is 0.264. The summed E-state index contributed by atoms with van der Waals surface area (Å²) in [6, 6.07) is 34.2. The Hall–Kier alpha value is -4.17. The fourth-order valence-electron chi connectivity index (χ4n) is 6.40. The third-order valence-electron chi connectivity index (χ3n) is 7.98. The lowest BCUT2D eigenvalue weighted by Gasteiger charge is -2.32. The molecule has 1 heterocycles. The van der Waals surface area contributed by atoms with Crippen molar-refractivity contribution in [1.29, 1.82) is 0 Å². The zero-order valence-corrected chi connectivity index (χ0v) is 20.3. The SMILES string of the molecule is CC1Cc2ccc3c(ccc4c(-c5nccc6ccccc56)c(O)ccc43)c2C(c2ccccc2)C1. The van der Waals surface area contributed by atoms with E-state index < -0.39 is 0 Å². The van der Waals surface area contributed by atoms with Crippen LogP contribution in [0.4, 0.5) is 0 Å². The minimum absolute atomic E-state index is 0.264. The first-order chi connectivity index (χ1) is 17.7. The smallest absolute Gasteiger partial charge is 0.125 e. The van der Waals surface area contributed by atoms with Gasteiger partial charge in [-0.15, -0.1) is 0 Å². The Labute approximate surface area is 210 Å². The second-order valence-electron chi connectivity index (χ2n) is 10.2. The minimum Gasteiger partial charge on any atom is -0.507 e. The van der Waals surface area contributed by atoms with Crippen molar-refractivity contribution in [2.75, 3.05) is 0 Å². The zero-order valence-electron chi connectivity index (χ0n) is 20.3. The molecule has 0 spiro atoms. The molecule has 0 amide bonds. The standard InChI is InChI=1S/C34H27NO/c1-21-19-24-11-12-26-27-15-16-31(36)33(34-25-10-6-5-9-23(25)17-18-35-34)29(27)14-13-28(26)32(24)30(20-21)22-7-3-2-4-8-22/h2-18,21,30,36H,19-20H2,1H3. The monoisotopic (exact) mass is 465 g/mol. The summed E-state index contributed by atoms with van der Waals surface area (Å²) >= 11 is 0. The Bertz CT molecular complexity index is 1760. The molecule has 174 valence electrons. The van der Waals surface area contributed by atoms with Crippen LogP contribution in [-0.4, -0.2) is 10.1 Å². The fourth-order valence-corrected chi connectivity index (χ4v) is 6.40. The van der Waals surface area contributed by atoms with Gasteiger partial charge < -0.3 is 5.11 Å². The summed E-state index contributed by atoms with van der Waals surface area (Å²) in [5.74, 6) is 1.31. The van der Waals surface area contributed by atoms with E-state index in [0.717, 1.165) is 45.6 Å². The molecule has 1 N–H and O–H groups in total. The molecule has 1 aliphatic carbocycles. The number of aromatic hydroxyl groups is 1. The van der Waals surface area contributed by atoms with Gasteiger partial charge in [0.2, 0.25) is 0 Å². The lowest BCUT2D eigenvalue weighted by atomic mass is 9.72. The van der Waals surface area contributed by atoms with Crippen LogP contribution in [0, 0.1) is 5.92 Å². The van der Waals surface area contributed by atoms with Crippen LogP contribution >= 0.6 is 0 Å². The zero-order chi connectivity index (χ0) is 24.2. The molecule has 1 aliphatic rings. The Balaban J connectivity index is 1.52. The maximum atomic E-state index is 11.1. The Morgan fingerprint density at radius 2 is 1.42 bits per heavy atom. The summed E-state index contributed by atoms with van der Waals surface area (Å²) in [7, 11) is 0. The molecule has 0 radical (unpaired) electrons.